The maximum Gasteiger partial charge on any atom is 0.0656 e. The molecule has 3 heteroatoms. The van der Waals surface area contributed by atoms with Crippen LogP contribution in [0.3, 0.4) is 0 Å². The van der Waals surface area contributed by atoms with Gasteiger partial charge in [-0.25, -0.2) is 0 Å². The van der Waals surface area contributed by atoms with Gasteiger partial charge in [0.15, 0.2) is 0 Å². The number of likely N-dealkylation sites (tertiary alicyclic amines) is 1. The van der Waals surface area contributed by atoms with E-state index in [0.717, 1.165) is 18.5 Å². The van der Waals surface area contributed by atoms with Crippen molar-refractivity contribution in [3.8, 4) is 0 Å². The summed E-state index contributed by atoms with van der Waals surface area (Å²) in [5.41, 5.74) is 6.85. The summed E-state index contributed by atoms with van der Waals surface area (Å²) in [7, 11) is 0. The Hall–Kier alpha value is -0.900. The van der Waals surface area contributed by atoms with E-state index in [1.54, 1.807) is 0 Å². The fourth-order valence-corrected chi connectivity index (χ4v) is 3.31. The van der Waals surface area contributed by atoms with Gasteiger partial charge in [-0.15, -0.1) is 0 Å². The van der Waals surface area contributed by atoms with E-state index in [1.807, 2.05) is 30.3 Å². The van der Waals surface area contributed by atoms with Crippen molar-refractivity contribution in [2.24, 2.45) is 11.7 Å². The highest BCUT2D eigenvalue weighted by Gasteiger charge is 2.31. The molecule has 0 radical (unpaired) electrons. The minimum Gasteiger partial charge on any atom is -0.394 e. The highest BCUT2D eigenvalue weighted by atomic mass is 16.3. The van der Waals surface area contributed by atoms with Crippen molar-refractivity contribution in [3.05, 3.63) is 35.9 Å². The highest BCUT2D eigenvalue weighted by Crippen LogP contribution is 2.27. The number of nitrogens with zero attached hydrogens (tertiary/aromatic N) is 1. The molecule has 0 bridgehead atoms. The summed E-state index contributed by atoms with van der Waals surface area (Å²) in [4.78, 5) is 2.55. The lowest BCUT2D eigenvalue weighted by Gasteiger charge is -2.33. The molecule has 1 heterocycles. The molecule has 112 valence electrons. The number of aliphatic hydroxyl groups excluding tert-OH is 1. The van der Waals surface area contributed by atoms with Crippen LogP contribution in [0, 0.1) is 5.92 Å². The first-order valence-electron chi connectivity index (χ1n) is 7.76. The lowest BCUT2D eigenvalue weighted by atomic mass is 9.88. The quantitative estimate of drug-likeness (QED) is 0.838. The van der Waals surface area contributed by atoms with E-state index in [0.29, 0.717) is 12.0 Å². The summed E-state index contributed by atoms with van der Waals surface area (Å²) in [6, 6.07) is 10.7. The Morgan fingerprint density at radius 3 is 2.65 bits per heavy atom. The van der Waals surface area contributed by atoms with Crippen molar-refractivity contribution < 1.29 is 5.11 Å². The predicted molar refractivity (Wildman–Crippen MR) is 83.4 cm³/mol. The molecule has 1 aliphatic rings. The van der Waals surface area contributed by atoms with E-state index >= 15 is 0 Å². The van der Waals surface area contributed by atoms with Crippen LogP contribution >= 0.6 is 0 Å². The number of hydrogen-bond donors (Lipinski definition) is 2. The monoisotopic (exact) mass is 276 g/mol. The van der Waals surface area contributed by atoms with Gasteiger partial charge < -0.3 is 15.7 Å². The second-order valence-electron chi connectivity index (χ2n) is 6.42. The first kappa shape index (κ1) is 15.5. The van der Waals surface area contributed by atoms with E-state index in [1.165, 1.54) is 19.4 Å². The molecule has 20 heavy (non-hydrogen) atoms. The average molecular weight is 276 g/mol. The maximum absolute atomic E-state index is 9.74. The van der Waals surface area contributed by atoms with Crippen LogP contribution in [0.4, 0.5) is 0 Å². The molecule has 2 rings (SSSR count). The van der Waals surface area contributed by atoms with Crippen LogP contribution < -0.4 is 5.73 Å². The molecule has 1 aromatic carbocycles. The Bertz CT molecular complexity index is 407. The molecule has 0 aliphatic carbocycles. The van der Waals surface area contributed by atoms with Gasteiger partial charge in [-0.1, -0.05) is 44.2 Å². The molecule has 0 spiro atoms. The predicted octanol–water partition coefficient (Wildman–Crippen LogP) is 2.34. The van der Waals surface area contributed by atoms with E-state index in [2.05, 4.69) is 18.7 Å². The third-order valence-electron chi connectivity index (χ3n) is 4.66. The molecule has 1 aromatic rings. The number of nitrogens with two attached hydrogens (primary N) is 1. The molecule has 1 saturated heterocycles. The summed E-state index contributed by atoms with van der Waals surface area (Å²) in [5.74, 6) is 0.690. The summed E-state index contributed by atoms with van der Waals surface area (Å²) in [6.45, 7) is 6.72. The fourth-order valence-electron chi connectivity index (χ4n) is 3.31. The summed E-state index contributed by atoms with van der Waals surface area (Å²) in [5, 5.41) is 9.74. The smallest absolute Gasteiger partial charge is 0.0656 e. The zero-order valence-electron chi connectivity index (χ0n) is 12.8. The summed E-state index contributed by atoms with van der Waals surface area (Å²) < 4.78 is 0. The fraction of sp³-hybridized carbons (Fsp3) is 0.647. The second kappa shape index (κ2) is 6.70. The van der Waals surface area contributed by atoms with Crippen molar-refractivity contribution in [3.63, 3.8) is 0 Å². The van der Waals surface area contributed by atoms with Gasteiger partial charge in [-0.3, -0.25) is 0 Å². The largest absolute Gasteiger partial charge is 0.394 e. The van der Waals surface area contributed by atoms with E-state index in [9.17, 15) is 5.11 Å². The van der Waals surface area contributed by atoms with Crippen molar-refractivity contribution in [2.75, 3.05) is 19.7 Å². The molecule has 3 nitrogen and oxygen atoms in total. The zero-order valence-corrected chi connectivity index (χ0v) is 12.8. The molecular weight excluding hydrogens is 248 g/mol. The molecule has 1 aliphatic heterocycles. The normalized spacial score (nSPS) is 23.1. The van der Waals surface area contributed by atoms with Gasteiger partial charge in [0, 0.05) is 12.6 Å². The van der Waals surface area contributed by atoms with Gasteiger partial charge in [0.2, 0.25) is 0 Å². The Labute approximate surface area is 122 Å². The van der Waals surface area contributed by atoms with Crippen LogP contribution in [0.25, 0.3) is 0 Å². The molecule has 0 amide bonds. The molecule has 0 aromatic heterocycles. The summed E-state index contributed by atoms with van der Waals surface area (Å²) >= 11 is 0. The van der Waals surface area contributed by atoms with Crippen LogP contribution in [0.1, 0.15) is 38.7 Å². The standard InChI is InChI=1S/C17H28N2O/c1-14(2)16-9-6-11-19(16)12-10-17(18,13-20)15-7-4-3-5-8-15/h3-5,7-8,14,16,20H,6,9-13,18H2,1-2H3. The molecular formula is C17H28N2O. The van der Waals surface area contributed by atoms with Gasteiger partial charge in [0.25, 0.3) is 0 Å². The SMILES string of the molecule is CC(C)C1CCCN1CCC(N)(CO)c1ccccc1. The van der Waals surface area contributed by atoms with Crippen LogP contribution in [-0.4, -0.2) is 35.7 Å². The second-order valence-corrected chi connectivity index (χ2v) is 6.42. The first-order valence-corrected chi connectivity index (χ1v) is 7.76. The van der Waals surface area contributed by atoms with Crippen molar-refractivity contribution >= 4 is 0 Å². The Kier molecular flexibility index (Phi) is 5.19. The first-order chi connectivity index (χ1) is 9.57. The van der Waals surface area contributed by atoms with Crippen LogP contribution in [-0.2, 0) is 5.54 Å². The minimum atomic E-state index is -0.620. The van der Waals surface area contributed by atoms with Gasteiger partial charge >= 0.3 is 0 Å². The van der Waals surface area contributed by atoms with E-state index < -0.39 is 5.54 Å². The lowest BCUT2D eigenvalue weighted by molar-refractivity contribution is 0.146. The van der Waals surface area contributed by atoms with Gasteiger partial charge in [-0.05, 0) is 37.3 Å². The van der Waals surface area contributed by atoms with Crippen LogP contribution in [0.15, 0.2) is 30.3 Å². The van der Waals surface area contributed by atoms with Gasteiger partial charge in [0.05, 0.1) is 12.1 Å². The third-order valence-corrected chi connectivity index (χ3v) is 4.66. The van der Waals surface area contributed by atoms with Crippen molar-refractivity contribution in [2.45, 2.75) is 44.7 Å². The number of rotatable bonds is 6. The third kappa shape index (κ3) is 3.40. The minimum absolute atomic E-state index is 0.00278. The van der Waals surface area contributed by atoms with Crippen molar-refractivity contribution in [1.29, 1.82) is 0 Å². The molecule has 2 unspecified atom stereocenters. The molecule has 1 fully saturated rings. The molecule has 3 N–H and O–H groups in total. The van der Waals surface area contributed by atoms with Gasteiger partial charge in [-0.2, -0.15) is 0 Å². The number of hydrogen-bond acceptors (Lipinski definition) is 3. The zero-order chi connectivity index (χ0) is 14.6. The van der Waals surface area contributed by atoms with Crippen molar-refractivity contribution in [1.82, 2.24) is 4.90 Å². The highest BCUT2D eigenvalue weighted by molar-refractivity contribution is 5.24. The Balaban J connectivity index is 2.00. The molecule has 2 atom stereocenters. The Morgan fingerprint density at radius 2 is 2.05 bits per heavy atom. The van der Waals surface area contributed by atoms with E-state index in [-0.39, 0.29) is 6.61 Å². The van der Waals surface area contributed by atoms with E-state index in [4.69, 9.17) is 5.73 Å². The van der Waals surface area contributed by atoms with Gasteiger partial charge in [0.1, 0.15) is 0 Å². The molecule has 0 saturated carbocycles. The maximum atomic E-state index is 9.74. The Morgan fingerprint density at radius 1 is 1.35 bits per heavy atom. The average Bonchev–Trinajstić information content (AvgIpc) is 2.94. The lowest BCUT2D eigenvalue weighted by Crippen LogP contribution is -2.45. The number of aliphatic hydroxyl groups is 1. The van der Waals surface area contributed by atoms with Crippen LogP contribution in [0.2, 0.25) is 0 Å². The topological polar surface area (TPSA) is 49.5 Å². The summed E-state index contributed by atoms with van der Waals surface area (Å²) in [6.07, 6.45) is 3.38. The number of benzene rings is 1. The van der Waals surface area contributed by atoms with Crippen LogP contribution in [0.5, 0.6) is 0 Å².